The first-order valence-corrected chi connectivity index (χ1v) is 10.1. The van der Waals surface area contributed by atoms with Gasteiger partial charge in [-0.2, -0.15) is 0 Å². The number of nitrogens with zero attached hydrogens (tertiary/aromatic N) is 2. The third kappa shape index (κ3) is 4.80. The van der Waals surface area contributed by atoms with Crippen LogP contribution in [0.3, 0.4) is 0 Å². The van der Waals surface area contributed by atoms with Crippen molar-refractivity contribution in [3.8, 4) is 5.75 Å². The summed E-state index contributed by atoms with van der Waals surface area (Å²) in [6, 6.07) is 7.94. The molecule has 2 atom stereocenters. The van der Waals surface area contributed by atoms with E-state index in [0.717, 1.165) is 30.9 Å². The number of anilines is 1. The summed E-state index contributed by atoms with van der Waals surface area (Å²) < 4.78 is 5.65. The lowest BCUT2D eigenvalue weighted by molar-refractivity contribution is -0.126. The minimum Gasteiger partial charge on any atom is -0.491 e. The highest BCUT2D eigenvalue weighted by Crippen LogP contribution is 2.27. The van der Waals surface area contributed by atoms with Crippen LogP contribution >= 0.6 is 0 Å². The first-order chi connectivity index (χ1) is 13.0. The lowest BCUT2D eigenvalue weighted by atomic mass is 10.1. The number of carbonyl (C=O) groups excluding carboxylic acids is 2. The Morgan fingerprint density at radius 3 is 2.70 bits per heavy atom. The minimum absolute atomic E-state index is 0.00345. The molecule has 2 aliphatic heterocycles. The average Bonchev–Trinajstić information content (AvgIpc) is 3.26. The second-order valence-corrected chi connectivity index (χ2v) is 7.74. The van der Waals surface area contributed by atoms with Gasteiger partial charge in [0, 0.05) is 31.2 Å². The molecule has 0 bridgehead atoms. The van der Waals surface area contributed by atoms with E-state index in [0.29, 0.717) is 19.1 Å². The molecule has 2 heterocycles. The zero-order chi connectivity index (χ0) is 19.4. The second kappa shape index (κ2) is 8.74. The van der Waals surface area contributed by atoms with Crippen LogP contribution in [0.25, 0.3) is 0 Å². The number of hydrogen-bond donors (Lipinski definition) is 1. The zero-order valence-electron chi connectivity index (χ0n) is 16.6. The van der Waals surface area contributed by atoms with Gasteiger partial charge in [-0.1, -0.05) is 6.92 Å². The summed E-state index contributed by atoms with van der Waals surface area (Å²) in [5.74, 6) is 0.504. The van der Waals surface area contributed by atoms with E-state index in [2.05, 4.69) is 17.1 Å². The maximum atomic E-state index is 12.6. The Kier molecular flexibility index (Phi) is 6.37. The van der Waals surface area contributed by atoms with Gasteiger partial charge < -0.3 is 15.0 Å². The summed E-state index contributed by atoms with van der Waals surface area (Å²) in [6.07, 6.45) is 2.72. The second-order valence-electron chi connectivity index (χ2n) is 7.74. The molecule has 2 fully saturated rings. The zero-order valence-corrected chi connectivity index (χ0v) is 16.6. The molecule has 2 aliphatic rings. The van der Waals surface area contributed by atoms with Crippen LogP contribution in [0.1, 0.15) is 40.0 Å². The highest BCUT2D eigenvalue weighted by Gasteiger charge is 2.35. The van der Waals surface area contributed by atoms with Crippen LogP contribution in [0.5, 0.6) is 5.75 Å². The normalized spacial score (nSPS) is 23.3. The topological polar surface area (TPSA) is 61.9 Å². The van der Waals surface area contributed by atoms with Gasteiger partial charge in [0.2, 0.25) is 11.8 Å². The number of likely N-dealkylation sites (N-methyl/N-ethyl adjacent to an activating group) is 1. The number of hydrogen-bond acceptors (Lipinski definition) is 4. The lowest BCUT2D eigenvalue weighted by Crippen LogP contribution is -2.42. The van der Waals surface area contributed by atoms with Crippen LogP contribution in [-0.4, -0.2) is 55.0 Å². The molecular formula is C21H31N3O3. The number of nitrogens with one attached hydrogen (secondary N) is 1. The van der Waals surface area contributed by atoms with Crippen molar-refractivity contribution in [3.05, 3.63) is 24.3 Å². The molecule has 0 aromatic heterocycles. The van der Waals surface area contributed by atoms with E-state index >= 15 is 0 Å². The molecule has 148 valence electrons. The third-order valence-electron chi connectivity index (χ3n) is 5.43. The first-order valence-electron chi connectivity index (χ1n) is 10.1. The highest BCUT2D eigenvalue weighted by atomic mass is 16.5. The lowest BCUT2D eigenvalue weighted by Gasteiger charge is -2.23. The van der Waals surface area contributed by atoms with Crippen LogP contribution in [0.2, 0.25) is 0 Å². The number of amides is 2. The monoisotopic (exact) mass is 373 g/mol. The summed E-state index contributed by atoms with van der Waals surface area (Å²) in [5.41, 5.74) is 0.819. The highest BCUT2D eigenvalue weighted by molar-refractivity contribution is 6.00. The van der Waals surface area contributed by atoms with Gasteiger partial charge in [0.25, 0.3) is 0 Å². The summed E-state index contributed by atoms with van der Waals surface area (Å²) in [5, 5.41) is 3.07. The maximum absolute atomic E-state index is 12.6. The standard InChI is InChI=1S/C21H31N3O3/c1-4-23-11-5-6-18(23)13-22-21(26)16-12-20(25)24(14-16)17-7-9-19(10-8-17)27-15(2)3/h7-10,15-16,18H,4-6,11-14H2,1-3H3,(H,22,26)/t16-,18+/m1/s1. The van der Waals surface area contributed by atoms with Crippen molar-refractivity contribution in [2.75, 3.05) is 31.1 Å². The molecule has 0 aliphatic carbocycles. The molecule has 3 rings (SSSR count). The number of benzene rings is 1. The number of likely N-dealkylation sites (tertiary alicyclic amines) is 1. The molecule has 1 aromatic rings. The van der Waals surface area contributed by atoms with Gasteiger partial charge in [0.15, 0.2) is 0 Å². The molecule has 6 heteroatoms. The smallest absolute Gasteiger partial charge is 0.227 e. The van der Waals surface area contributed by atoms with Gasteiger partial charge in [-0.05, 0) is 64.0 Å². The molecule has 6 nitrogen and oxygen atoms in total. The van der Waals surface area contributed by atoms with Crippen molar-refractivity contribution >= 4 is 17.5 Å². The summed E-state index contributed by atoms with van der Waals surface area (Å²) >= 11 is 0. The molecule has 0 unspecified atom stereocenters. The predicted octanol–water partition coefficient (Wildman–Crippen LogP) is 2.43. The largest absolute Gasteiger partial charge is 0.491 e. The molecular weight excluding hydrogens is 342 g/mol. The third-order valence-corrected chi connectivity index (χ3v) is 5.43. The van der Waals surface area contributed by atoms with E-state index < -0.39 is 0 Å². The van der Waals surface area contributed by atoms with Crippen molar-refractivity contribution in [2.24, 2.45) is 5.92 Å². The molecule has 2 amide bonds. The van der Waals surface area contributed by atoms with Crippen molar-refractivity contribution in [2.45, 2.75) is 52.2 Å². The Balaban J connectivity index is 1.54. The average molecular weight is 373 g/mol. The van der Waals surface area contributed by atoms with Gasteiger partial charge in [0.05, 0.1) is 12.0 Å². The molecule has 27 heavy (non-hydrogen) atoms. The van der Waals surface area contributed by atoms with E-state index in [-0.39, 0.29) is 30.3 Å². The van der Waals surface area contributed by atoms with E-state index in [4.69, 9.17) is 4.74 Å². The van der Waals surface area contributed by atoms with Gasteiger partial charge in [-0.25, -0.2) is 0 Å². The van der Waals surface area contributed by atoms with Gasteiger partial charge in [0.1, 0.15) is 5.75 Å². The summed E-state index contributed by atoms with van der Waals surface area (Å²) in [4.78, 5) is 29.1. The maximum Gasteiger partial charge on any atom is 0.227 e. The van der Waals surface area contributed by atoms with Crippen molar-refractivity contribution in [1.82, 2.24) is 10.2 Å². The number of rotatable bonds is 7. The molecule has 0 radical (unpaired) electrons. The van der Waals surface area contributed by atoms with Crippen LogP contribution in [-0.2, 0) is 9.59 Å². The Hall–Kier alpha value is -2.08. The summed E-state index contributed by atoms with van der Waals surface area (Å²) in [6.45, 7) is 9.37. The molecule has 1 N–H and O–H groups in total. The fraction of sp³-hybridized carbons (Fsp3) is 0.619. The van der Waals surface area contributed by atoms with Crippen LogP contribution in [0.15, 0.2) is 24.3 Å². The molecule has 0 spiro atoms. The molecule has 1 aromatic carbocycles. The fourth-order valence-electron chi connectivity index (χ4n) is 4.01. The van der Waals surface area contributed by atoms with Crippen molar-refractivity contribution in [3.63, 3.8) is 0 Å². The van der Waals surface area contributed by atoms with Gasteiger partial charge in [-0.15, -0.1) is 0 Å². The van der Waals surface area contributed by atoms with E-state index in [1.807, 2.05) is 38.1 Å². The van der Waals surface area contributed by atoms with E-state index in [1.165, 1.54) is 6.42 Å². The van der Waals surface area contributed by atoms with Crippen LogP contribution in [0, 0.1) is 5.92 Å². The molecule has 0 saturated carbocycles. The Bertz CT molecular complexity index is 659. The first kappa shape index (κ1) is 19.7. The fourth-order valence-corrected chi connectivity index (χ4v) is 4.01. The van der Waals surface area contributed by atoms with Crippen molar-refractivity contribution < 1.29 is 14.3 Å². The quantitative estimate of drug-likeness (QED) is 0.797. The Labute approximate surface area is 161 Å². The summed E-state index contributed by atoms with van der Waals surface area (Å²) in [7, 11) is 0. The van der Waals surface area contributed by atoms with Crippen LogP contribution < -0.4 is 15.0 Å². The van der Waals surface area contributed by atoms with Gasteiger partial charge >= 0.3 is 0 Å². The SMILES string of the molecule is CCN1CCC[C@H]1CNC(=O)[C@@H]1CC(=O)N(c2ccc(OC(C)C)cc2)C1. The number of carbonyl (C=O) groups is 2. The molecule has 2 saturated heterocycles. The van der Waals surface area contributed by atoms with E-state index in [9.17, 15) is 9.59 Å². The van der Waals surface area contributed by atoms with Crippen LogP contribution in [0.4, 0.5) is 5.69 Å². The number of ether oxygens (including phenoxy) is 1. The van der Waals surface area contributed by atoms with Crippen molar-refractivity contribution in [1.29, 1.82) is 0 Å². The van der Waals surface area contributed by atoms with E-state index in [1.54, 1.807) is 4.90 Å². The Morgan fingerprint density at radius 1 is 1.30 bits per heavy atom. The van der Waals surface area contributed by atoms with Gasteiger partial charge in [-0.3, -0.25) is 14.5 Å². The minimum atomic E-state index is -0.277. The Morgan fingerprint density at radius 2 is 2.04 bits per heavy atom. The predicted molar refractivity (Wildman–Crippen MR) is 106 cm³/mol.